The minimum atomic E-state index is -0.739. The van der Waals surface area contributed by atoms with E-state index in [1.807, 2.05) is 9.80 Å². The monoisotopic (exact) mass is 457 g/mol. The van der Waals surface area contributed by atoms with E-state index in [0.717, 1.165) is 19.4 Å². The van der Waals surface area contributed by atoms with Crippen molar-refractivity contribution in [3.8, 4) is 0 Å². The van der Waals surface area contributed by atoms with Crippen molar-refractivity contribution in [1.29, 1.82) is 0 Å². The van der Waals surface area contributed by atoms with Gasteiger partial charge in [0.25, 0.3) is 5.91 Å². The summed E-state index contributed by atoms with van der Waals surface area (Å²) in [5.74, 6) is -0.511. The third-order valence-electron chi connectivity index (χ3n) is 5.71. The molecule has 2 saturated heterocycles. The molecule has 11 heteroatoms. The average Bonchev–Trinajstić information content (AvgIpc) is 2.79. The van der Waals surface area contributed by atoms with E-state index >= 15 is 0 Å². The molecular formula is C22H28FN7O3. The zero-order valence-electron chi connectivity index (χ0n) is 18.5. The number of halogens is 1. The Morgan fingerprint density at radius 3 is 2.70 bits per heavy atom. The molecule has 0 spiro atoms. The van der Waals surface area contributed by atoms with Crippen LogP contribution in [0.5, 0.6) is 0 Å². The summed E-state index contributed by atoms with van der Waals surface area (Å²) >= 11 is 0. The van der Waals surface area contributed by atoms with Gasteiger partial charge in [-0.25, -0.2) is 14.4 Å². The summed E-state index contributed by atoms with van der Waals surface area (Å²) in [5, 5.41) is 5.93. The van der Waals surface area contributed by atoms with E-state index in [1.54, 1.807) is 12.1 Å². The number of primary amides is 1. The molecule has 1 atom stereocenters. The van der Waals surface area contributed by atoms with Crippen molar-refractivity contribution in [3.63, 3.8) is 0 Å². The Labute approximate surface area is 191 Å². The molecule has 10 nitrogen and oxygen atoms in total. The Bertz CT molecular complexity index is 1030. The number of aromatic nitrogens is 2. The number of piperidine rings is 1. The number of morpholine rings is 1. The molecule has 1 aromatic heterocycles. The van der Waals surface area contributed by atoms with Crippen LogP contribution in [0, 0.1) is 5.82 Å². The van der Waals surface area contributed by atoms with Gasteiger partial charge in [-0.1, -0.05) is 0 Å². The number of nitrogens with one attached hydrogen (secondary N) is 2. The van der Waals surface area contributed by atoms with Crippen LogP contribution < -0.4 is 26.2 Å². The Morgan fingerprint density at radius 2 is 2.00 bits per heavy atom. The molecule has 2 aliphatic heterocycles. The van der Waals surface area contributed by atoms with Gasteiger partial charge in [-0.15, -0.1) is 0 Å². The van der Waals surface area contributed by atoms with Gasteiger partial charge in [-0.05, 0) is 31.0 Å². The molecule has 1 unspecified atom stereocenters. The molecule has 33 heavy (non-hydrogen) atoms. The molecule has 0 bridgehead atoms. The molecular weight excluding hydrogens is 429 g/mol. The number of amides is 2. The molecule has 2 amide bonds. The number of carbonyl (C=O) groups is 2. The van der Waals surface area contributed by atoms with E-state index in [9.17, 15) is 14.0 Å². The first-order chi connectivity index (χ1) is 15.9. The predicted octanol–water partition coefficient (Wildman–Crippen LogP) is 1.40. The predicted molar refractivity (Wildman–Crippen MR) is 122 cm³/mol. The Kier molecular flexibility index (Phi) is 6.87. The highest BCUT2D eigenvalue weighted by Gasteiger charge is 2.24. The number of hydrogen-bond acceptors (Lipinski definition) is 8. The van der Waals surface area contributed by atoms with E-state index in [-0.39, 0.29) is 29.3 Å². The second kappa shape index (κ2) is 9.99. The second-order valence-electron chi connectivity index (χ2n) is 8.17. The summed E-state index contributed by atoms with van der Waals surface area (Å²) in [5.41, 5.74) is 6.38. The van der Waals surface area contributed by atoms with Gasteiger partial charge < -0.3 is 30.9 Å². The molecule has 4 N–H and O–H groups in total. The zero-order chi connectivity index (χ0) is 23.4. The van der Waals surface area contributed by atoms with Crippen LogP contribution in [0.3, 0.4) is 0 Å². The van der Waals surface area contributed by atoms with Crippen LogP contribution in [0.25, 0.3) is 0 Å². The highest BCUT2D eigenvalue weighted by atomic mass is 19.1. The van der Waals surface area contributed by atoms with Crippen molar-refractivity contribution >= 4 is 34.8 Å². The summed E-state index contributed by atoms with van der Waals surface area (Å²) in [7, 11) is 0. The number of rotatable bonds is 6. The molecule has 0 radical (unpaired) electrons. The van der Waals surface area contributed by atoms with Gasteiger partial charge in [-0.3, -0.25) is 9.59 Å². The first-order valence-corrected chi connectivity index (χ1v) is 11.0. The molecule has 2 fully saturated rings. The number of benzene rings is 1. The quantitative estimate of drug-likeness (QED) is 0.594. The first kappa shape index (κ1) is 22.7. The van der Waals surface area contributed by atoms with Crippen molar-refractivity contribution in [2.75, 3.05) is 54.5 Å². The summed E-state index contributed by atoms with van der Waals surface area (Å²) in [6.45, 7) is 5.17. The minimum absolute atomic E-state index is 0.00658. The van der Waals surface area contributed by atoms with E-state index in [4.69, 9.17) is 10.5 Å². The topological polar surface area (TPSA) is 126 Å². The molecule has 4 rings (SSSR count). The Hall–Kier alpha value is -3.47. The highest BCUT2D eigenvalue weighted by Crippen LogP contribution is 2.27. The maximum Gasteiger partial charge on any atom is 0.271 e. The van der Waals surface area contributed by atoms with Crippen molar-refractivity contribution in [1.82, 2.24) is 15.3 Å². The Balaban J connectivity index is 1.55. The van der Waals surface area contributed by atoms with Crippen LogP contribution in [-0.4, -0.2) is 67.2 Å². The molecule has 3 heterocycles. The Morgan fingerprint density at radius 1 is 1.21 bits per heavy atom. The van der Waals surface area contributed by atoms with Crippen LogP contribution in [0.1, 0.15) is 30.3 Å². The highest BCUT2D eigenvalue weighted by molar-refractivity contribution is 5.96. The fraction of sp³-hybridized carbons (Fsp3) is 0.455. The van der Waals surface area contributed by atoms with Crippen LogP contribution in [0.15, 0.2) is 24.4 Å². The molecule has 1 aromatic carbocycles. The molecule has 2 aliphatic rings. The van der Waals surface area contributed by atoms with E-state index in [2.05, 4.69) is 20.6 Å². The van der Waals surface area contributed by atoms with Gasteiger partial charge in [0.1, 0.15) is 11.6 Å². The lowest BCUT2D eigenvalue weighted by Crippen LogP contribution is -2.47. The smallest absolute Gasteiger partial charge is 0.271 e. The van der Waals surface area contributed by atoms with Crippen molar-refractivity contribution in [2.45, 2.75) is 25.8 Å². The average molecular weight is 458 g/mol. The maximum atomic E-state index is 14.8. The van der Waals surface area contributed by atoms with Crippen molar-refractivity contribution in [3.05, 3.63) is 35.9 Å². The summed E-state index contributed by atoms with van der Waals surface area (Å²) < 4.78 is 20.1. The number of ether oxygens (including phenoxy) is 1. The lowest BCUT2D eigenvalue weighted by Gasteiger charge is -2.33. The zero-order valence-corrected chi connectivity index (χ0v) is 18.5. The van der Waals surface area contributed by atoms with Crippen molar-refractivity contribution in [2.24, 2.45) is 5.73 Å². The fourth-order valence-electron chi connectivity index (χ4n) is 4.17. The van der Waals surface area contributed by atoms with E-state index in [1.165, 1.54) is 19.2 Å². The van der Waals surface area contributed by atoms with Crippen LogP contribution in [0.4, 0.5) is 27.4 Å². The number of hydrogen-bond donors (Lipinski definition) is 3. The first-order valence-electron chi connectivity index (χ1n) is 11.0. The lowest BCUT2D eigenvalue weighted by atomic mass is 10.1. The summed E-state index contributed by atoms with van der Waals surface area (Å²) in [4.78, 5) is 36.0. The van der Waals surface area contributed by atoms with Gasteiger partial charge in [0, 0.05) is 44.8 Å². The van der Waals surface area contributed by atoms with Gasteiger partial charge in [0.05, 0.1) is 25.1 Å². The van der Waals surface area contributed by atoms with Gasteiger partial charge in [0.15, 0.2) is 11.5 Å². The maximum absolute atomic E-state index is 14.8. The lowest BCUT2D eigenvalue weighted by molar-refractivity contribution is -0.119. The molecule has 0 aliphatic carbocycles. The van der Waals surface area contributed by atoms with E-state index < -0.39 is 5.91 Å². The van der Waals surface area contributed by atoms with Crippen LogP contribution in [-0.2, 0) is 9.53 Å². The third kappa shape index (κ3) is 5.48. The van der Waals surface area contributed by atoms with Crippen LogP contribution in [0.2, 0.25) is 0 Å². The summed E-state index contributed by atoms with van der Waals surface area (Å²) in [6.07, 6.45) is 3.24. The van der Waals surface area contributed by atoms with Crippen molar-refractivity contribution < 1.29 is 18.7 Å². The standard InChI is InChI=1S/C22H28FN7O3/c1-14(31)26-16-3-2-6-30(13-16)19-12-25-20(21(24)32)22(28-19)27-15-4-5-18(17(23)11-15)29-7-9-33-10-8-29/h4-5,11-12,16H,2-3,6-10,13H2,1H3,(H2,24,32)(H,26,31)(H,27,28). The number of anilines is 4. The largest absolute Gasteiger partial charge is 0.378 e. The minimum Gasteiger partial charge on any atom is -0.378 e. The number of carbonyl (C=O) groups excluding carboxylic acids is 2. The summed E-state index contributed by atoms with van der Waals surface area (Å²) in [6, 6.07) is 4.78. The van der Waals surface area contributed by atoms with Gasteiger partial charge in [0.2, 0.25) is 5.91 Å². The number of nitrogens with zero attached hydrogens (tertiary/aromatic N) is 4. The number of nitrogens with two attached hydrogens (primary N) is 1. The van der Waals surface area contributed by atoms with Gasteiger partial charge in [-0.2, -0.15) is 0 Å². The second-order valence-corrected chi connectivity index (χ2v) is 8.17. The van der Waals surface area contributed by atoms with Gasteiger partial charge >= 0.3 is 0 Å². The van der Waals surface area contributed by atoms with E-state index in [0.29, 0.717) is 50.0 Å². The fourth-order valence-corrected chi connectivity index (χ4v) is 4.17. The van der Waals surface area contributed by atoms with Crippen LogP contribution >= 0.6 is 0 Å². The SMILES string of the molecule is CC(=O)NC1CCCN(c2cnc(C(N)=O)c(Nc3ccc(N4CCOCC4)c(F)c3)n2)C1. The normalized spacial score (nSPS) is 18.7. The molecule has 0 saturated carbocycles. The molecule has 176 valence electrons. The third-order valence-corrected chi connectivity index (χ3v) is 5.71. The molecule has 2 aromatic rings.